The highest BCUT2D eigenvalue weighted by atomic mass is 16.5. The Labute approximate surface area is 410 Å². The lowest BCUT2D eigenvalue weighted by Crippen LogP contribution is -2.54. The van der Waals surface area contributed by atoms with Gasteiger partial charge in [-0.3, -0.25) is 24.2 Å². The fraction of sp³-hybridized carbons (Fsp3) is 0.339. The maximum atomic E-state index is 13.6. The summed E-state index contributed by atoms with van der Waals surface area (Å²) in [7, 11) is 0. The number of amides is 2. The summed E-state index contributed by atoms with van der Waals surface area (Å²) in [6.07, 6.45) is 2.32. The zero-order valence-corrected chi connectivity index (χ0v) is 40.8. The van der Waals surface area contributed by atoms with Crippen LogP contribution in [0.2, 0.25) is 0 Å². The number of hydrogen-bond acceptors (Lipinski definition) is 8. The zero-order chi connectivity index (χ0) is 48.5. The van der Waals surface area contributed by atoms with E-state index < -0.39 is 0 Å². The van der Waals surface area contributed by atoms with Crippen molar-refractivity contribution in [3.8, 4) is 11.5 Å². The monoisotopic (exact) mass is 930 g/mol. The SMILES string of the molecule is CCOc1ccc(C=O)cc1.CCOc1ccc(CN[C@@H](Cc2ccccc2)C(=O)N2CCN(Cc3ccccc3)CC2)cc1.C[C@@H](Cc1ccccc1)C(=O)N1CCN(Cc2ccccc2)CC1. The van der Waals surface area contributed by atoms with Gasteiger partial charge in [0.05, 0.1) is 19.3 Å². The quantitative estimate of drug-likeness (QED) is 0.0854. The van der Waals surface area contributed by atoms with Gasteiger partial charge >= 0.3 is 0 Å². The van der Waals surface area contributed by atoms with Crippen molar-refractivity contribution >= 4 is 18.1 Å². The molecule has 6 aromatic rings. The highest BCUT2D eigenvalue weighted by molar-refractivity contribution is 5.82. The van der Waals surface area contributed by atoms with Crippen LogP contribution >= 0.6 is 0 Å². The van der Waals surface area contributed by atoms with E-state index >= 15 is 0 Å². The van der Waals surface area contributed by atoms with Gasteiger partial charge in [-0.2, -0.15) is 0 Å². The molecule has 2 heterocycles. The van der Waals surface area contributed by atoms with E-state index in [1.165, 1.54) is 22.3 Å². The van der Waals surface area contributed by atoms with Crippen LogP contribution in [-0.2, 0) is 42.1 Å². The third-order valence-corrected chi connectivity index (χ3v) is 12.4. The van der Waals surface area contributed by atoms with Crippen LogP contribution in [0, 0.1) is 5.92 Å². The van der Waals surface area contributed by atoms with Crippen molar-refractivity contribution < 1.29 is 23.9 Å². The molecule has 2 amide bonds. The number of nitrogens with one attached hydrogen (secondary N) is 1. The normalized spacial score (nSPS) is 14.8. The molecule has 2 atom stereocenters. The van der Waals surface area contributed by atoms with Crippen molar-refractivity contribution in [1.82, 2.24) is 24.9 Å². The van der Waals surface area contributed by atoms with E-state index in [0.717, 1.165) is 95.2 Å². The highest BCUT2D eigenvalue weighted by Crippen LogP contribution is 2.17. The van der Waals surface area contributed by atoms with Crippen LogP contribution in [0.3, 0.4) is 0 Å². The van der Waals surface area contributed by atoms with E-state index in [1.807, 2.05) is 91.2 Å². The van der Waals surface area contributed by atoms with Gasteiger partial charge in [0.1, 0.15) is 17.8 Å². The molecule has 2 aliphatic heterocycles. The smallest absolute Gasteiger partial charge is 0.240 e. The Morgan fingerprint density at radius 2 is 0.884 bits per heavy atom. The second-order valence-electron chi connectivity index (χ2n) is 17.6. The van der Waals surface area contributed by atoms with Gasteiger partial charge in [-0.15, -0.1) is 0 Å². The molecule has 0 saturated carbocycles. The minimum absolute atomic E-state index is 0.0491. The fourth-order valence-electron chi connectivity index (χ4n) is 8.54. The number of carbonyl (C=O) groups is 3. The van der Waals surface area contributed by atoms with E-state index in [9.17, 15) is 14.4 Å². The van der Waals surface area contributed by atoms with E-state index in [4.69, 9.17) is 9.47 Å². The Bertz CT molecular complexity index is 2350. The number of ether oxygens (including phenoxy) is 2. The topological polar surface area (TPSA) is 94.7 Å². The van der Waals surface area contributed by atoms with Gasteiger partial charge in [0.2, 0.25) is 11.8 Å². The number of aldehydes is 1. The third-order valence-electron chi connectivity index (χ3n) is 12.4. The van der Waals surface area contributed by atoms with Gasteiger partial charge in [-0.05, 0) is 90.9 Å². The molecule has 362 valence electrons. The van der Waals surface area contributed by atoms with Crippen LogP contribution in [0.4, 0.5) is 0 Å². The maximum absolute atomic E-state index is 13.6. The molecule has 0 unspecified atom stereocenters. The van der Waals surface area contributed by atoms with Crippen LogP contribution in [0.15, 0.2) is 170 Å². The zero-order valence-electron chi connectivity index (χ0n) is 40.8. The molecule has 2 fully saturated rings. The van der Waals surface area contributed by atoms with Crippen molar-refractivity contribution in [2.24, 2.45) is 5.92 Å². The molecule has 10 heteroatoms. The lowest BCUT2D eigenvalue weighted by Gasteiger charge is -2.36. The molecule has 69 heavy (non-hydrogen) atoms. The number of carbonyl (C=O) groups excluding carboxylic acids is 3. The Morgan fingerprint density at radius 1 is 0.493 bits per heavy atom. The van der Waals surface area contributed by atoms with Crippen LogP contribution in [0.5, 0.6) is 11.5 Å². The van der Waals surface area contributed by atoms with E-state index in [2.05, 4.69) is 100 Å². The Balaban J connectivity index is 0.000000193. The average molecular weight is 930 g/mol. The lowest BCUT2D eigenvalue weighted by molar-refractivity contribution is -0.137. The first-order chi connectivity index (χ1) is 33.8. The lowest BCUT2D eigenvalue weighted by atomic mass is 9.99. The number of piperazine rings is 2. The molecule has 1 N–H and O–H groups in total. The van der Waals surface area contributed by atoms with Gasteiger partial charge in [0.25, 0.3) is 0 Å². The Kier molecular flexibility index (Phi) is 21.5. The third kappa shape index (κ3) is 17.8. The molecule has 6 aromatic carbocycles. The van der Waals surface area contributed by atoms with Crippen LogP contribution in [0.1, 0.15) is 58.9 Å². The van der Waals surface area contributed by atoms with Gasteiger partial charge in [-0.1, -0.05) is 140 Å². The molecule has 2 saturated heterocycles. The largest absolute Gasteiger partial charge is 0.494 e. The molecular formula is C59H71N5O5. The fourth-order valence-corrected chi connectivity index (χ4v) is 8.54. The molecule has 0 radical (unpaired) electrons. The van der Waals surface area contributed by atoms with Crippen LogP contribution < -0.4 is 14.8 Å². The van der Waals surface area contributed by atoms with Crippen molar-refractivity contribution in [1.29, 1.82) is 0 Å². The Morgan fingerprint density at radius 3 is 1.30 bits per heavy atom. The summed E-state index contributed by atoms with van der Waals surface area (Å²) in [5, 5.41) is 3.54. The molecular weight excluding hydrogens is 859 g/mol. The van der Waals surface area contributed by atoms with Crippen molar-refractivity contribution in [3.63, 3.8) is 0 Å². The summed E-state index contributed by atoms with van der Waals surface area (Å²) < 4.78 is 10.7. The average Bonchev–Trinajstić information content (AvgIpc) is 3.40. The number of benzene rings is 6. The molecule has 0 aromatic heterocycles. The van der Waals surface area contributed by atoms with Crippen LogP contribution in [-0.4, -0.2) is 109 Å². The second-order valence-corrected chi connectivity index (χ2v) is 17.6. The van der Waals surface area contributed by atoms with E-state index in [0.29, 0.717) is 37.6 Å². The Hall–Kier alpha value is -6.59. The summed E-state index contributed by atoms with van der Waals surface area (Å²) >= 11 is 0. The van der Waals surface area contributed by atoms with Crippen molar-refractivity contribution in [2.75, 3.05) is 65.6 Å². The van der Waals surface area contributed by atoms with Gasteiger partial charge in [0, 0.05) is 83.5 Å². The van der Waals surface area contributed by atoms with Gasteiger partial charge < -0.3 is 24.6 Å². The number of rotatable bonds is 18. The first kappa shape index (κ1) is 51.8. The summed E-state index contributed by atoms with van der Waals surface area (Å²) in [5.74, 6) is 2.20. The summed E-state index contributed by atoms with van der Waals surface area (Å²) in [4.78, 5) is 45.4. The maximum Gasteiger partial charge on any atom is 0.240 e. The molecule has 2 aliphatic rings. The van der Waals surface area contributed by atoms with Crippen molar-refractivity contribution in [3.05, 3.63) is 203 Å². The predicted octanol–water partition coefficient (Wildman–Crippen LogP) is 9.24. The molecule has 10 nitrogen and oxygen atoms in total. The van der Waals surface area contributed by atoms with Gasteiger partial charge in [-0.25, -0.2) is 0 Å². The molecule has 0 bridgehead atoms. The minimum Gasteiger partial charge on any atom is -0.494 e. The van der Waals surface area contributed by atoms with Crippen LogP contribution in [0.25, 0.3) is 0 Å². The second kappa shape index (κ2) is 28.7. The van der Waals surface area contributed by atoms with Gasteiger partial charge in [0.15, 0.2) is 0 Å². The predicted molar refractivity (Wildman–Crippen MR) is 277 cm³/mol. The van der Waals surface area contributed by atoms with E-state index in [1.54, 1.807) is 24.3 Å². The molecule has 8 rings (SSSR count). The van der Waals surface area contributed by atoms with E-state index in [-0.39, 0.29) is 17.9 Å². The summed E-state index contributed by atoms with van der Waals surface area (Å²) in [5.41, 5.74) is 6.88. The highest BCUT2D eigenvalue weighted by Gasteiger charge is 2.28. The summed E-state index contributed by atoms with van der Waals surface area (Å²) in [6.45, 7) is 16.7. The molecule has 0 aliphatic carbocycles. The first-order valence-corrected chi connectivity index (χ1v) is 24.6. The summed E-state index contributed by atoms with van der Waals surface area (Å²) in [6, 6.07) is 56.5. The number of nitrogens with zero attached hydrogens (tertiary/aromatic N) is 4. The standard InChI is InChI=1S/C29H35N3O2.C21H26N2O.C9H10O2/c1-2-34-27-15-13-25(14-16-27)22-30-28(21-24-9-5-3-6-10-24)29(33)32-19-17-31(18-20-32)23-26-11-7-4-8-12-26;1-18(16-19-8-4-2-5-9-19)21(24)23-14-12-22(13-15-23)17-20-10-6-3-7-11-20;1-2-11-9-5-3-8(7-10)4-6-9/h3-16,28,30H,2,17-23H2,1H3;2-11,18H,12-17H2,1H3;3-7H,2H2,1H3/t28-;18-;/m00./s1. The first-order valence-electron chi connectivity index (χ1n) is 24.6. The molecule has 0 spiro atoms. The minimum atomic E-state index is -0.255. The number of hydrogen-bond donors (Lipinski definition) is 1. The van der Waals surface area contributed by atoms with Crippen molar-refractivity contribution in [2.45, 2.75) is 59.3 Å².